The molecule has 1 saturated carbocycles. The third-order valence-electron chi connectivity index (χ3n) is 3.80. The predicted molar refractivity (Wildman–Crippen MR) is 76.0 cm³/mol. The standard InChI is InChI=1S/C17H18F4O/c1-12-2-4-13(5-3-12)6-7-14-8-10-15(11-9-14)22-17(20,21)16(18)19/h8-13,16H,2-5H2,1H3. The van der Waals surface area contributed by atoms with E-state index < -0.39 is 12.5 Å². The van der Waals surface area contributed by atoms with Crippen molar-refractivity contribution in [3.63, 3.8) is 0 Å². The Morgan fingerprint density at radius 3 is 2.23 bits per heavy atom. The molecule has 0 atom stereocenters. The molecule has 1 aliphatic rings. The molecule has 0 heterocycles. The van der Waals surface area contributed by atoms with Gasteiger partial charge in [0.15, 0.2) is 0 Å². The minimum atomic E-state index is -4.48. The summed E-state index contributed by atoms with van der Waals surface area (Å²) in [5.41, 5.74) is 0.659. The highest BCUT2D eigenvalue weighted by atomic mass is 19.3. The molecule has 0 bridgehead atoms. The largest absolute Gasteiger partial charge is 0.461 e. The Morgan fingerprint density at radius 2 is 1.68 bits per heavy atom. The lowest BCUT2D eigenvalue weighted by Crippen LogP contribution is -2.33. The molecule has 1 nitrogen and oxygen atoms in total. The molecule has 5 heteroatoms. The second-order valence-corrected chi connectivity index (χ2v) is 5.72. The summed E-state index contributed by atoms with van der Waals surface area (Å²) < 4.78 is 53.6. The smallest absolute Gasteiger partial charge is 0.428 e. The van der Waals surface area contributed by atoms with Crippen LogP contribution in [0.25, 0.3) is 0 Å². The van der Waals surface area contributed by atoms with Gasteiger partial charge in [0.1, 0.15) is 5.75 Å². The van der Waals surface area contributed by atoms with Gasteiger partial charge in [-0.3, -0.25) is 0 Å². The van der Waals surface area contributed by atoms with Crippen LogP contribution in [0.4, 0.5) is 17.6 Å². The minimum Gasteiger partial charge on any atom is -0.428 e. The summed E-state index contributed by atoms with van der Waals surface area (Å²) in [6.45, 7) is 2.23. The second kappa shape index (κ2) is 7.04. The molecule has 0 aliphatic heterocycles. The minimum absolute atomic E-state index is 0.303. The lowest BCUT2D eigenvalue weighted by atomic mass is 9.83. The van der Waals surface area contributed by atoms with Crippen molar-refractivity contribution in [1.82, 2.24) is 0 Å². The summed E-state index contributed by atoms with van der Waals surface area (Å²) in [5.74, 6) is 7.01. The Balaban J connectivity index is 1.95. The van der Waals surface area contributed by atoms with Crippen LogP contribution < -0.4 is 4.74 Å². The van der Waals surface area contributed by atoms with Gasteiger partial charge in [0.2, 0.25) is 0 Å². The fourth-order valence-electron chi connectivity index (χ4n) is 2.40. The zero-order valence-electron chi connectivity index (χ0n) is 12.3. The molecular weight excluding hydrogens is 296 g/mol. The first-order valence-electron chi connectivity index (χ1n) is 7.33. The van der Waals surface area contributed by atoms with Crippen LogP contribution in [-0.2, 0) is 0 Å². The summed E-state index contributed by atoms with van der Waals surface area (Å²) in [6, 6.07) is 5.44. The second-order valence-electron chi connectivity index (χ2n) is 5.72. The summed E-state index contributed by atoms with van der Waals surface area (Å²) in [6.07, 6.45) is -3.83. The lowest BCUT2D eigenvalue weighted by molar-refractivity contribution is -0.253. The van der Waals surface area contributed by atoms with Crippen LogP contribution in [0.2, 0.25) is 0 Å². The zero-order valence-corrected chi connectivity index (χ0v) is 12.3. The summed E-state index contributed by atoms with van der Waals surface area (Å²) >= 11 is 0. The number of benzene rings is 1. The Morgan fingerprint density at radius 1 is 1.09 bits per heavy atom. The van der Waals surface area contributed by atoms with Crippen LogP contribution in [-0.4, -0.2) is 12.5 Å². The van der Waals surface area contributed by atoms with Crippen LogP contribution >= 0.6 is 0 Å². The number of rotatable bonds is 3. The van der Waals surface area contributed by atoms with E-state index >= 15 is 0 Å². The Bertz CT molecular complexity index is 534. The molecule has 2 rings (SSSR count). The van der Waals surface area contributed by atoms with Crippen molar-refractivity contribution in [3.8, 4) is 17.6 Å². The van der Waals surface area contributed by atoms with Gasteiger partial charge < -0.3 is 4.74 Å². The molecule has 1 aromatic carbocycles. The number of halogens is 4. The summed E-state index contributed by atoms with van der Waals surface area (Å²) in [7, 11) is 0. The van der Waals surface area contributed by atoms with E-state index in [4.69, 9.17) is 0 Å². The van der Waals surface area contributed by atoms with Crippen LogP contribution in [0.15, 0.2) is 24.3 Å². The molecule has 1 fully saturated rings. The number of alkyl halides is 4. The van der Waals surface area contributed by atoms with Gasteiger partial charge in [0.25, 0.3) is 0 Å². The van der Waals surface area contributed by atoms with Crippen molar-refractivity contribution in [2.24, 2.45) is 11.8 Å². The fourth-order valence-corrected chi connectivity index (χ4v) is 2.40. The molecule has 0 amide bonds. The summed E-state index contributed by atoms with van der Waals surface area (Å²) in [5, 5.41) is 0. The van der Waals surface area contributed by atoms with Crippen LogP contribution in [0.3, 0.4) is 0 Å². The topological polar surface area (TPSA) is 9.23 Å². The fraction of sp³-hybridized carbons (Fsp3) is 0.529. The van der Waals surface area contributed by atoms with E-state index in [0.717, 1.165) is 18.8 Å². The average molecular weight is 314 g/mol. The first kappa shape index (κ1) is 16.7. The summed E-state index contributed by atoms with van der Waals surface area (Å²) in [4.78, 5) is 0. The van der Waals surface area contributed by atoms with Gasteiger partial charge in [-0.15, -0.1) is 0 Å². The zero-order chi connectivity index (χ0) is 16.2. The van der Waals surface area contributed by atoms with E-state index in [2.05, 4.69) is 23.5 Å². The molecule has 0 N–H and O–H groups in total. The Labute approximate surface area is 127 Å². The molecule has 0 aromatic heterocycles. The molecule has 0 saturated heterocycles. The van der Waals surface area contributed by atoms with Crippen molar-refractivity contribution in [2.75, 3.05) is 0 Å². The van der Waals surface area contributed by atoms with Crippen molar-refractivity contribution in [2.45, 2.75) is 45.1 Å². The first-order valence-corrected chi connectivity index (χ1v) is 7.33. The van der Waals surface area contributed by atoms with Crippen molar-refractivity contribution < 1.29 is 22.3 Å². The molecule has 0 spiro atoms. The van der Waals surface area contributed by atoms with Crippen molar-refractivity contribution in [3.05, 3.63) is 29.8 Å². The van der Waals surface area contributed by atoms with Crippen LogP contribution in [0, 0.1) is 23.7 Å². The average Bonchev–Trinajstić information content (AvgIpc) is 2.48. The molecular formula is C17H18F4O. The lowest BCUT2D eigenvalue weighted by Gasteiger charge is -2.21. The van der Waals surface area contributed by atoms with E-state index in [-0.39, 0.29) is 5.75 Å². The van der Waals surface area contributed by atoms with Crippen molar-refractivity contribution in [1.29, 1.82) is 0 Å². The highest BCUT2D eigenvalue weighted by Gasteiger charge is 2.43. The van der Waals surface area contributed by atoms with Gasteiger partial charge in [0.05, 0.1) is 0 Å². The van der Waals surface area contributed by atoms with Gasteiger partial charge in [-0.05, 0) is 55.9 Å². The van der Waals surface area contributed by atoms with Gasteiger partial charge in [-0.25, -0.2) is 0 Å². The van der Waals surface area contributed by atoms with E-state index in [0.29, 0.717) is 11.5 Å². The molecule has 1 aliphatic carbocycles. The van der Waals surface area contributed by atoms with E-state index in [1.54, 1.807) is 0 Å². The maximum absolute atomic E-state index is 12.8. The van der Waals surface area contributed by atoms with E-state index in [9.17, 15) is 17.6 Å². The predicted octanol–water partition coefficient (Wildman–Crippen LogP) is 5.10. The maximum atomic E-state index is 12.8. The van der Waals surface area contributed by atoms with Gasteiger partial charge in [-0.1, -0.05) is 18.8 Å². The SMILES string of the molecule is CC1CCC(C#Cc2ccc(OC(F)(F)C(F)F)cc2)CC1. The Kier molecular flexibility index (Phi) is 5.33. The normalized spacial score (nSPS) is 22.1. The van der Waals surface area contributed by atoms with Crippen molar-refractivity contribution >= 4 is 0 Å². The maximum Gasteiger partial charge on any atom is 0.461 e. The molecule has 0 radical (unpaired) electrons. The van der Waals surface area contributed by atoms with Crippen LogP contribution in [0.1, 0.15) is 38.2 Å². The van der Waals surface area contributed by atoms with Gasteiger partial charge >= 0.3 is 12.5 Å². The van der Waals surface area contributed by atoms with Gasteiger partial charge in [-0.2, -0.15) is 17.6 Å². The van der Waals surface area contributed by atoms with Gasteiger partial charge in [0, 0.05) is 11.5 Å². The highest BCUT2D eigenvalue weighted by Crippen LogP contribution is 2.28. The number of hydrogen-bond acceptors (Lipinski definition) is 1. The van der Waals surface area contributed by atoms with Crippen LogP contribution in [0.5, 0.6) is 5.75 Å². The molecule has 0 unspecified atom stereocenters. The third kappa shape index (κ3) is 4.66. The molecule has 120 valence electrons. The highest BCUT2D eigenvalue weighted by molar-refractivity contribution is 5.38. The molecule has 22 heavy (non-hydrogen) atoms. The first-order chi connectivity index (χ1) is 10.4. The van der Waals surface area contributed by atoms with E-state index in [1.807, 2.05) is 0 Å². The quantitative estimate of drug-likeness (QED) is 0.557. The Hall–Kier alpha value is -1.70. The number of ether oxygens (including phenoxy) is 1. The molecule has 1 aromatic rings. The third-order valence-corrected chi connectivity index (χ3v) is 3.80. The number of hydrogen-bond donors (Lipinski definition) is 0. The van der Waals surface area contributed by atoms with E-state index in [1.165, 1.54) is 37.1 Å². The monoisotopic (exact) mass is 314 g/mol.